The molecule has 7 nitrogen and oxygen atoms in total. The van der Waals surface area contributed by atoms with E-state index >= 15 is 0 Å². The first-order valence-corrected chi connectivity index (χ1v) is 10.6. The Kier molecular flexibility index (Phi) is 6.90. The van der Waals surface area contributed by atoms with Gasteiger partial charge in [-0.1, -0.05) is 29.3 Å². The molecule has 1 aliphatic heterocycles. The van der Waals surface area contributed by atoms with Crippen LogP contribution in [0.25, 0.3) is 0 Å². The molecular weight excluding hydrogens is 401 g/mol. The van der Waals surface area contributed by atoms with Crippen LogP contribution in [0.2, 0.25) is 10.0 Å². The third-order valence-corrected chi connectivity index (χ3v) is 6.66. The molecule has 2 rings (SSSR count). The van der Waals surface area contributed by atoms with Crippen molar-refractivity contribution in [3.8, 4) is 0 Å². The maximum absolute atomic E-state index is 12.7. The van der Waals surface area contributed by atoms with Gasteiger partial charge in [0.15, 0.2) is 9.84 Å². The number of nitrogens with zero attached hydrogens (tertiary/aromatic N) is 2. The van der Waals surface area contributed by atoms with Crippen molar-refractivity contribution >= 4 is 50.5 Å². The van der Waals surface area contributed by atoms with Crippen molar-refractivity contribution in [3.63, 3.8) is 0 Å². The second-order valence-electron chi connectivity index (χ2n) is 6.41. The van der Waals surface area contributed by atoms with Gasteiger partial charge in [-0.15, -0.1) is 0 Å². The predicted octanol–water partition coefficient (Wildman–Crippen LogP) is 1.51. The van der Waals surface area contributed by atoms with Gasteiger partial charge in [-0.05, 0) is 32.6 Å². The van der Waals surface area contributed by atoms with Gasteiger partial charge in [0.05, 0.1) is 27.2 Å². The molecule has 1 saturated heterocycles. The molecule has 1 atom stereocenters. The fraction of sp³-hybridized carbons (Fsp3) is 0.500. The molecule has 0 bridgehead atoms. The summed E-state index contributed by atoms with van der Waals surface area (Å²) in [4.78, 5) is 28.3. The Hall–Kier alpha value is -1.35. The zero-order valence-corrected chi connectivity index (χ0v) is 16.9. The van der Waals surface area contributed by atoms with E-state index in [2.05, 4.69) is 5.32 Å². The lowest BCUT2D eigenvalue weighted by Gasteiger charge is -2.29. The maximum atomic E-state index is 12.7. The lowest BCUT2D eigenvalue weighted by Crippen LogP contribution is -2.48. The summed E-state index contributed by atoms with van der Waals surface area (Å²) >= 11 is 11.9. The highest BCUT2D eigenvalue weighted by Gasteiger charge is 2.36. The van der Waals surface area contributed by atoms with Crippen molar-refractivity contribution in [2.45, 2.75) is 12.5 Å². The number of hydrogen-bond donors (Lipinski definition) is 1. The standard InChI is InChI=1S/C16H21Cl2N3O4S/c1-20(2)7-8-21(11-6-9-26(24,25)10-11)16(23)15(22)19-13-5-3-4-12(17)14(13)18/h3-5,11H,6-10H2,1-2H3,(H,19,22). The molecule has 10 heteroatoms. The summed E-state index contributed by atoms with van der Waals surface area (Å²) in [7, 11) is 0.479. The van der Waals surface area contributed by atoms with E-state index in [0.717, 1.165) is 0 Å². The summed E-state index contributed by atoms with van der Waals surface area (Å²) in [5.41, 5.74) is 0.226. The van der Waals surface area contributed by atoms with Crippen molar-refractivity contribution in [1.82, 2.24) is 9.80 Å². The SMILES string of the molecule is CN(C)CCN(C(=O)C(=O)Nc1cccc(Cl)c1Cl)C1CCS(=O)(=O)C1. The van der Waals surface area contributed by atoms with Gasteiger partial charge in [0.1, 0.15) is 0 Å². The topological polar surface area (TPSA) is 86.8 Å². The number of benzene rings is 1. The average molecular weight is 422 g/mol. The number of hydrogen-bond acceptors (Lipinski definition) is 5. The second kappa shape index (κ2) is 8.56. The second-order valence-corrected chi connectivity index (χ2v) is 9.43. The average Bonchev–Trinajstić information content (AvgIpc) is 2.91. The van der Waals surface area contributed by atoms with Crippen LogP contribution in [0.4, 0.5) is 5.69 Å². The molecule has 1 fully saturated rings. The van der Waals surface area contributed by atoms with Crippen molar-refractivity contribution in [2.75, 3.05) is 44.0 Å². The largest absolute Gasteiger partial charge is 0.329 e. The van der Waals surface area contributed by atoms with Crippen molar-refractivity contribution in [3.05, 3.63) is 28.2 Å². The molecule has 1 unspecified atom stereocenters. The quantitative estimate of drug-likeness (QED) is 0.727. The number of amides is 2. The lowest BCUT2D eigenvalue weighted by atomic mass is 10.2. The summed E-state index contributed by atoms with van der Waals surface area (Å²) in [6.07, 6.45) is 0.326. The molecule has 2 amide bonds. The number of likely N-dealkylation sites (N-methyl/N-ethyl adjacent to an activating group) is 1. The highest BCUT2D eigenvalue weighted by Crippen LogP contribution is 2.29. The van der Waals surface area contributed by atoms with Crippen LogP contribution in [0.5, 0.6) is 0 Å². The highest BCUT2D eigenvalue weighted by molar-refractivity contribution is 7.91. The van der Waals surface area contributed by atoms with Gasteiger partial charge < -0.3 is 15.1 Å². The molecule has 0 radical (unpaired) electrons. The summed E-state index contributed by atoms with van der Waals surface area (Å²) in [6.45, 7) is 0.760. The fourth-order valence-corrected chi connectivity index (χ4v) is 4.76. The van der Waals surface area contributed by atoms with E-state index in [0.29, 0.717) is 13.0 Å². The van der Waals surface area contributed by atoms with E-state index in [-0.39, 0.29) is 33.8 Å². The number of sulfone groups is 1. The molecular formula is C16H21Cl2N3O4S. The fourth-order valence-electron chi connectivity index (χ4n) is 2.69. The lowest BCUT2D eigenvalue weighted by molar-refractivity contribution is -0.144. The van der Waals surface area contributed by atoms with E-state index in [9.17, 15) is 18.0 Å². The van der Waals surface area contributed by atoms with E-state index in [1.807, 2.05) is 19.0 Å². The number of nitrogens with one attached hydrogen (secondary N) is 1. The first-order chi connectivity index (χ1) is 12.1. The van der Waals surface area contributed by atoms with Gasteiger partial charge in [-0.2, -0.15) is 0 Å². The molecule has 0 aliphatic carbocycles. The molecule has 0 aromatic heterocycles. The van der Waals surface area contributed by atoms with Crippen LogP contribution in [0.1, 0.15) is 6.42 Å². The van der Waals surface area contributed by atoms with E-state index in [1.54, 1.807) is 12.1 Å². The smallest absolute Gasteiger partial charge is 0.313 e. The van der Waals surface area contributed by atoms with Gasteiger partial charge in [0, 0.05) is 19.1 Å². The Balaban J connectivity index is 2.16. The number of anilines is 1. The third-order valence-electron chi connectivity index (χ3n) is 4.09. The van der Waals surface area contributed by atoms with Gasteiger partial charge >= 0.3 is 11.8 Å². The Labute approximate surface area is 163 Å². The molecule has 1 aromatic rings. The van der Waals surface area contributed by atoms with Gasteiger partial charge in [-0.25, -0.2) is 8.42 Å². The molecule has 1 aliphatic rings. The van der Waals surface area contributed by atoms with Crippen LogP contribution in [0, 0.1) is 0 Å². The first kappa shape index (κ1) is 21.0. The molecule has 26 heavy (non-hydrogen) atoms. The van der Waals surface area contributed by atoms with Crippen molar-refractivity contribution < 1.29 is 18.0 Å². The normalized spacial score (nSPS) is 18.7. The van der Waals surface area contributed by atoms with Crippen LogP contribution in [0.15, 0.2) is 18.2 Å². The molecule has 1 aromatic carbocycles. The van der Waals surface area contributed by atoms with Crippen LogP contribution < -0.4 is 5.32 Å². The number of rotatable bonds is 5. The Morgan fingerprint density at radius 1 is 1.23 bits per heavy atom. The minimum Gasteiger partial charge on any atom is -0.329 e. The molecule has 0 saturated carbocycles. The minimum atomic E-state index is -3.19. The van der Waals surface area contributed by atoms with Crippen molar-refractivity contribution in [1.29, 1.82) is 0 Å². The van der Waals surface area contributed by atoms with Gasteiger partial charge in [0.2, 0.25) is 0 Å². The van der Waals surface area contributed by atoms with Crippen molar-refractivity contribution in [2.24, 2.45) is 0 Å². The minimum absolute atomic E-state index is 0.0190. The molecule has 1 heterocycles. The maximum Gasteiger partial charge on any atom is 0.313 e. The van der Waals surface area contributed by atoms with Crippen LogP contribution in [0.3, 0.4) is 0 Å². The van der Waals surface area contributed by atoms with Crippen LogP contribution in [-0.4, -0.2) is 74.8 Å². The van der Waals surface area contributed by atoms with E-state index in [4.69, 9.17) is 23.2 Å². The van der Waals surface area contributed by atoms with Gasteiger partial charge in [0.25, 0.3) is 0 Å². The summed E-state index contributed by atoms with van der Waals surface area (Å²) in [5, 5.41) is 2.84. The summed E-state index contributed by atoms with van der Waals surface area (Å²) in [5.74, 6) is -1.77. The zero-order valence-electron chi connectivity index (χ0n) is 14.5. The Morgan fingerprint density at radius 2 is 1.92 bits per heavy atom. The first-order valence-electron chi connectivity index (χ1n) is 8.02. The van der Waals surface area contributed by atoms with E-state index in [1.165, 1.54) is 11.0 Å². The molecule has 1 N–H and O–H groups in total. The monoisotopic (exact) mass is 421 g/mol. The number of carbonyl (C=O) groups excluding carboxylic acids is 2. The Bertz CT molecular complexity index is 799. The van der Waals surface area contributed by atoms with Crippen LogP contribution in [-0.2, 0) is 19.4 Å². The summed E-state index contributed by atoms with van der Waals surface area (Å²) in [6, 6.07) is 4.19. The summed E-state index contributed by atoms with van der Waals surface area (Å²) < 4.78 is 23.5. The molecule has 0 spiro atoms. The predicted molar refractivity (Wildman–Crippen MR) is 102 cm³/mol. The van der Waals surface area contributed by atoms with E-state index < -0.39 is 27.7 Å². The zero-order chi connectivity index (χ0) is 19.5. The molecule has 144 valence electrons. The third kappa shape index (κ3) is 5.33. The number of halogens is 2. The number of carbonyl (C=O) groups is 2. The van der Waals surface area contributed by atoms with Crippen LogP contribution >= 0.6 is 23.2 Å². The Morgan fingerprint density at radius 3 is 2.50 bits per heavy atom. The highest BCUT2D eigenvalue weighted by atomic mass is 35.5. The van der Waals surface area contributed by atoms with Gasteiger partial charge in [-0.3, -0.25) is 9.59 Å².